The molecular weight excluding hydrogens is 472 g/mol. The molecule has 180 valence electrons. The Morgan fingerprint density at radius 2 is 1.51 bits per heavy atom. The van der Waals surface area contributed by atoms with Crippen molar-refractivity contribution >= 4 is 50.8 Å². The zero-order chi connectivity index (χ0) is 25.7. The Balaban J connectivity index is 1.56. The number of rotatable bonds is 4. The highest BCUT2D eigenvalue weighted by Gasteiger charge is 2.47. The number of furan rings is 1. The fraction of sp³-hybridized carbons (Fsp3) is 0.0345. The number of aliphatic hydroxyl groups is 1. The van der Waals surface area contributed by atoms with Gasteiger partial charge in [0.2, 0.25) is 0 Å². The van der Waals surface area contributed by atoms with Gasteiger partial charge in [-0.05, 0) is 35.9 Å². The summed E-state index contributed by atoms with van der Waals surface area (Å²) >= 11 is 0. The number of para-hydroxylation sites is 1. The van der Waals surface area contributed by atoms with Gasteiger partial charge in [-0.25, -0.2) is 0 Å². The summed E-state index contributed by atoms with van der Waals surface area (Å²) < 4.78 is 5.98. The maximum Gasteiger partial charge on any atom is 0.300 e. The first-order chi connectivity index (χ1) is 17.9. The number of non-ortho nitro benzene ring substituents is 1. The van der Waals surface area contributed by atoms with Gasteiger partial charge in [0.25, 0.3) is 17.4 Å². The second-order valence-electron chi connectivity index (χ2n) is 8.66. The molecule has 6 rings (SSSR count). The Kier molecular flexibility index (Phi) is 5.08. The van der Waals surface area contributed by atoms with E-state index in [1.165, 1.54) is 29.2 Å². The third kappa shape index (κ3) is 3.54. The van der Waals surface area contributed by atoms with Crippen LogP contribution in [0.2, 0.25) is 0 Å². The lowest BCUT2D eigenvalue weighted by atomic mass is 9.95. The van der Waals surface area contributed by atoms with E-state index in [1.807, 2.05) is 30.3 Å². The molecule has 2 heterocycles. The number of anilines is 1. The van der Waals surface area contributed by atoms with Gasteiger partial charge in [0.1, 0.15) is 16.9 Å². The Hall–Kier alpha value is -5.24. The molecule has 0 saturated carbocycles. The molecule has 37 heavy (non-hydrogen) atoms. The molecule has 1 N–H and O–H groups in total. The third-order valence-corrected chi connectivity index (χ3v) is 6.55. The van der Waals surface area contributed by atoms with E-state index < -0.39 is 22.7 Å². The van der Waals surface area contributed by atoms with Crippen molar-refractivity contribution in [1.82, 2.24) is 0 Å². The molecule has 1 amide bonds. The molecule has 1 unspecified atom stereocenters. The van der Waals surface area contributed by atoms with Crippen LogP contribution >= 0.6 is 0 Å². The third-order valence-electron chi connectivity index (χ3n) is 6.55. The van der Waals surface area contributed by atoms with Gasteiger partial charge in [-0.2, -0.15) is 0 Å². The molecule has 8 heteroatoms. The average Bonchev–Trinajstić information content (AvgIpc) is 3.42. The largest absolute Gasteiger partial charge is 0.507 e. The van der Waals surface area contributed by atoms with E-state index in [1.54, 1.807) is 42.5 Å². The molecular formula is C29H18N2O6. The summed E-state index contributed by atoms with van der Waals surface area (Å²) in [6.45, 7) is 0. The summed E-state index contributed by atoms with van der Waals surface area (Å²) in [6, 6.07) is 25.8. The number of ketones is 1. The Bertz CT molecular complexity index is 1750. The number of carbonyl (C=O) groups is 2. The van der Waals surface area contributed by atoms with Gasteiger partial charge in [0.15, 0.2) is 0 Å². The molecule has 0 radical (unpaired) electrons. The van der Waals surface area contributed by atoms with Crippen molar-refractivity contribution in [3.05, 3.63) is 124 Å². The number of nitro groups is 1. The van der Waals surface area contributed by atoms with Crippen LogP contribution in [0.4, 0.5) is 11.4 Å². The summed E-state index contributed by atoms with van der Waals surface area (Å²) in [4.78, 5) is 38.7. The smallest absolute Gasteiger partial charge is 0.300 e. The van der Waals surface area contributed by atoms with E-state index in [0.29, 0.717) is 28.0 Å². The van der Waals surface area contributed by atoms with Crippen LogP contribution in [0.5, 0.6) is 0 Å². The van der Waals surface area contributed by atoms with Gasteiger partial charge >= 0.3 is 0 Å². The van der Waals surface area contributed by atoms with Crippen molar-refractivity contribution in [2.24, 2.45) is 0 Å². The Morgan fingerprint density at radius 3 is 2.24 bits per heavy atom. The van der Waals surface area contributed by atoms with Crippen LogP contribution in [0.3, 0.4) is 0 Å². The van der Waals surface area contributed by atoms with Crippen molar-refractivity contribution in [3.8, 4) is 0 Å². The second-order valence-corrected chi connectivity index (χ2v) is 8.66. The number of nitro benzene ring substituents is 1. The highest BCUT2D eigenvalue weighted by atomic mass is 16.6. The molecule has 1 aliphatic rings. The zero-order valence-corrected chi connectivity index (χ0v) is 19.2. The van der Waals surface area contributed by atoms with E-state index in [-0.39, 0.29) is 17.0 Å². The van der Waals surface area contributed by atoms with Gasteiger partial charge in [0, 0.05) is 40.2 Å². The van der Waals surface area contributed by atoms with E-state index >= 15 is 0 Å². The molecule has 0 bridgehead atoms. The maximum atomic E-state index is 13.4. The number of hydrogen-bond donors (Lipinski definition) is 1. The van der Waals surface area contributed by atoms with E-state index in [4.69, 9.17) is 4.42 Å². The fourth-order valence-electron chi connectivity index (χ4n) is 4.81. The first kappa shape index (κ1) is 22.2. The first-order valence-electron chi connectivity index (χ1n) is 11.5. The molecule has 0 spiro atoms. The van der Waals surface area contributed by atoms with Gasteiger partial charge in [0.05, 0.1) is 16.5 Å². The van der Waals surface area contributed by atoms with E-state index in [2.05, 4.69) is 0 Å². The van der Waals surface area contributed by atoms with E-state index in [0.717, 1.165) is 10.8 Å². The predicted octanol–water partition coefficient (Wildman–Crippen LogP) is 6.12. The molecule has 1 saturated heterocycles. The van der Waals surface area contributed by atoms with Crippen molar-refractivity contribution in [1.29, 1.82) is 0 Å². The molecule has 1 aliphatic heterocycles. The number of aliphatic hydroxyl groups excluding tert-OH is 1. The van der Waals surface area contributed by atoms with Crippen LogP contribution in [-0.2, 0) is 9.59 Å². The molecule has 5 aromatic rings. The van der Waals surface area contributed by atoms with E-state index in [9.17, 15) is 24.8 Å². The number of Topliss-reactive ketones (excluding diaryl/α,β-unsaturated/α-hetero) is 1. The summed E-state index contributed by atoms with van der Waals surface area (Å²) in [5, 5.41) is 24.1. The van der Waals surface area contributed by atoms with Crippen LogP contribution in [0.15, 0.2) is 107 Å². The number of fused-ring (bicyclic) bond motifs is 3. The number of carbonyl (C=O) groups excluding carboxylic acids is 2. The molecule has 0 aliphatic carbocycles. The second kappa shape index (κ2) is 8.46. The number of amides is 1. The lowest BCUT2D eigenvalue weighted by Crippen LogP contribution is -2.29. The summed E-state index contributed by atoms with van der Waals surface area (Å²) in [5.74, 6) is -2.00. The molecule has 1 fully saturated rings. The van der Waals surface area contributed by atoms with Crippen molar-refractivity contribution in [2.75, 3.05) is 4.90 Å². The van der Waals surface area contributed by atoms with Crippen LogP contribution in [0, 0.1) is 10.1 Å². The molecule has 4 aromatic carbocycles. The fourth-order valence-corrected chi connectivity index (χ4v) is 4.81. The summed E-state index contributed by atoms with van der Waals surface area (Å²) in [5.41, 5.74) is 2.19. The predicted molar refractivity (Wildman–Crippen MR) is 138 cm³/mol. The van der Waals surface area contributed by atoms with Crippen LogP contribution in [0.1, 0.15) is 17.2 Å². The van der Waals surface area contributed by atoms with Crippen molar-refractivity contribution < 1.29 is 24.0 Å². The normalized spacial score (nSPS) is 17.1. The minimum absolute atomic E-state index is 0.102. The zero-order valence-electron chi connectivity index (χ0n) is 19.2. The van der Waals surface area contributed by atoms with Crippen LogP contribution in [0.25, 0.3) is 27.7 Å². The van der Waals surface area contributed by atoms with Crippen LogP contribution < -0.4 is 4.90 Å². The minimum Gasteiger partial charge on any atom is -0.507 e. The highest BCUT2D eigenvalue weighted by molar-refractivity contribution is 6.51. The van der Waals surface area contributed by atoms with Gasteiger partial charge in [-0.3, -0.25) is 24.6 Å². The van der Waals surface area contributed by atoms with Gasteiger partial charge < -0.3 is 9.52 Å². The van der Waals surface area contributed by atoms with Crippen LogP contribution in [-0.4, -0.2) is 21.7 Å². The number of nitrogens with zero attached hydrogens (tertiary/aromatic N) is 2. The topological polar surface area (TPSA) is 114 Å². The average molecular weight is 490 g/mol. The number of hydrogen-bond acceptors (Lipinski definition) is 6. The van der Waals surface area contributed by atoms with Gasteiger partial charge in [-0.15, -0.1) is 0 Å². The molecule has 8 nitrogen and oxygen atoms in total. The summed E-state index contributed by atoms with van der Waals surface area (Å²) in [6.07, 6.45) is 0. The first-order valence-corrected chi connectivity index (χ1v) is 11.5. The lowest BCUT2D eigenvalue weighted by Gasteiger charge is -2.25. The minimum atomic E-state index is -1.01. The monoisotopic (exact) mass is 490 g/mol. The standard InChI is InChI=1S/C29H18N2O6/c32-27(18-6-2-1-3-7-18)25-26(17-10-12-19(13-11-17)31(35)36)30(29(34)28(25)33)20-14-15-22-21-8-4-5-9-23(21)37-24(22)16-20/h1-16,26,32H/b27-25-. The van der Waals surface area contributed by atoms with Crippen molar-refractivity contribution in [2.45, 2.75) is 6.04 Å². The Morgan fingerprint density at radius 1 is 0.838 bits per heavy atom. The quantitative estimate of drug-likeness (QED) is 0.107. The Labute approximate surface area is 209 Å². The summed E-state index contributed by atoms with van der Waals surface area (Å²) in [7, 11) is 0. The highest BCUT2D eigenvalue weighted by Crippen LogP contribution is 2.43. The lowest BCUT2D eigenvalue weighted by molar-refractivity contribution is -0.384. The molecule has 1 aromatic heterocycles. The van der Waals surface area contributed by atoms with Crippen molar-refractivity contribution in [3.63, 3.8) is 0 Å². The van der Waals surface area contributed by atoms with Gasteiger partial charge in [-0.1, -0.05) is 48.5 Å². The molecule has 1 atom stereocenters. The number of benzene rings is 4. The maximum absolute atomic E-state index is 13.4. The SMILES string of the molecule is O=C1C(=O)N(c2ccc3c(c2)oc2ccccc23)C(c2ccc([N+](=O)[O-])cc2)/C1=C(/O)c1ccccc1.